The standard InChI is InChI=1S/C20H19Cl2NO6/c1-10-4-5-14(29-10)16-15(18(25)20(26)23(16)6-7-27-2)17(24)11-8-12(21)19(28-3)13(22)9-11/h4-5,8-9,16,24H,6-7H2,1-3H3/b17-15-. The number of rotatable bonds is 6. The molecule has 1 aliphatic rings. The Bertz CT molecular complexity index is 974. The maximum Gasteiger partial charge on any atom is 0.295 e. The van der Waals surface area contributed by atoms with E-state index in [1.54, 1.807) is 19.1 Å². The number of hydrogen-bond donors (Lipinski definition) is 1. The second kappa shape index (κ2) is 8.49. The molecule has 1 aromatic carbocycles. The maximum atomic E-state index is 12.8. The third-order valence-electron chi connectivity index (χ3n) is 4.58. The molecular weight excluding hydrogens is 421 g/mol. The van der Waals surface area contributed by atoms with Gasteiger partial charge >= 0.3 is 0 Å². The number of benzene rings is 1. The van der Waals surface area contributed by atoms with Gasteiger partial charge in [-0.3, -0.25) is 9.59 Å². The first-order chi connectivity index (χ1) is 13.8. The topological polar surface area (TPSA) is 89.2 Å². The molecule has 1 saturated heterocycles. The summed E-state index contributed by atoms with van der Waals surface area (Å²) in [6.07, 6.45) is 0. The van der Waals surface area contributed by atoms with Crippen molar-refractivity contribution in [1.82, 2.24) is 4.90 Å². The minimum absolute atomic E-state index is 0.113. The fraction of sp³-hybridized carbons (Fsp3) is 0.300. The molecule has 0 bridgehead atoms. The van der Waals surface area contributed by atoms with Crippen molar-refractivity contribution in [3.05, 3.63) is 57.0 Å². The third kappa shape index (κ3) is 3.85. The smallest absolute Gasteiger partial charge is 0.295 e. The highest BCUT2D eigenvalue weighted by atomic mass is 35.5. The molecule has 1 atom stereocenters. The zero-order chi connectivity index (χ0) is 21.3. The molecule has 1 unspecified atom stereocenters. The molecule has 1 amide bonds. The molecule has 2 heterocycles. The molecule has 0 saturated carbocycles. The lowest BCUT2D eigenvalue weighted by molar-refractivity contribution is -0.140. The normalized spacial score (nSPS) is 18.5. The summed E-state index contributed by atoms with van der Waals surface area (Å²) in [7, 11) is 2.90. The summed E-state index contributed by atoms with van der Waals surface area (Å²) in [6.45, 7) is 2.10. The quantitative estimate of drug-likeness (QED) is 0.416. The maximum absolute atomic E-state index is 12.8. The van der Waals surface area contributed by atoms with E-state index in [-0.39, 0.29) is 40.1 Å². The van der Waals surface area contributed by atoms with Crippen LogP contribution in [0.4, 0.5) is 0 Å². The van der Waals surface area contributed by atoms with Crippen molar-refractivity contribution >= 4 is 40.7 Å². The van der Waals surface area contributed by atoms with Crippen LogP contribution in [0.2, 0.25) is 10.0 Å². The van der Waals surface area contributed by atoms with Crippen molar-refractivity contribution < 1.29 is 28.6 Å². The molecule has 9 heteroatoms. The molecule has 0 spiro atoms. The lowest BCUT2D eigenvalue weighted by Crippen LogP contribution is -2.32. The Kier molecular flexibility index (Phi) is 6.21. The van der Waals surface area contributed by atoms with Gasteiger partial charge in [0, 0.05) is 19.2 Å². The number of aliphatic hydroxyl groups excluding tert-OH is 1. The van der Waals surface area contributed by atoms with Gasteiger partial charge in [0.05, 0.1) is 29.3 Å². The Morgan fingerprint density at radius 3 is 2.38 bits per heavy atom. The average Bonchev–Trinajstić information content (AvgIpc) is 3.21. The number of aryl methyl sites for hydroxylation is 1. The summed E-state index contributed by atoms with van der Waals surface area (Å²) in [5, 5.41) is 11.3. The SMILES string of the molecule is COCCN1C(=O)C(=O)/C(=C(\O)c2cc(Cl)c(OC)c(Cl)c2)C1c1ccc(C)o1. The number of ketones is 1. The van der Waals surface area contributed by atoms with Crippen LogP contribution in [-0.2, 0) is 14.3 Å². The Morgan fingerprint density at radius 1 is 1.21 bits per heavy atom. The molecule has 1 aliphatic heterocycles. The molecule has 0 radical (unpaired) electrons. The lowest BCUT2D eigenvalue weighted by Gasteiger charge is -2.23. The second-order valence-corrected chi connectivity index (χ2v) is 7.22. The number of Topliss-reactive ketones (excluding diaryl/α,β-unsaturated/α-hetero) is 1. The summed E-state index contributed by atoms with van der Waals surface area (Å²) in [6, 6.07) is 5.29. The second-order valence-electron chi connectivity index (χ2n) is 6.41. The minimum atomic E-state index is -0.904. The number of nitrogens with zero attached hydrogens (tertiary/aromatic N) is 1. The number of carbonyl (C=O) groups excluding carboxylic acids is 2. The summed E-state index contributed by atoms with van der Waals surface area (Å²) in [5.41, 5.74) is 0.0663. The van der Waals surface area contributed by atoms with Gasteiger partial charge in [0.1, 0.15) is 23.3 Å². The van der Waals surface area contributed by atoms with Crippen LogP contribution in [0.3, 0.4) is 0 Å². The van der Waals surface area contributed by atoms with Crippen LogP contribution in [0.1, 0.15) is 23.1 Å². The number of ether oxygens (including phenoxy) is 2. The van der Waals surface area contributed by atoms with Crippen molar-refractivity contribution in [2.45, 2.75) is 13.0 Å². The third-order valence-corrected chi connectivity index (χ3v) is 5.14. The number of likely N-dealkylation sites (tertiary alicyclic amines) is 1. The van der Waals surface area contributed by atoms with E-state index >= 15 is 0 Å². The number of hydrogen-bond acceptors (Lipinski definition) is 6. The Hall–Kier alpha value is -2.48. The monoisotopic (exact) mass is 439 g/mol. The van der Waals surface area contributed by atoms with Crippen molar-refractivity contribution in [1.29, 1.82) is 0 Å². The van der Waals surface area contributed by atoms with Crippen LogP contribution in [0.25, 0.3) is 5.76 Å². The van der Waals surface area contributed by atoms with Crippen LogP contribution in [0, 0.1) is 6.92 Å². The van der Waals surface area contributed by atoms with Crippen LogP contribution >= 0.6 is 23.2 Å². The van der Waals surface area contributed by atoms with Gasteiger partial charge < -0.3 is 23.9 Å². The first-order valence-electron chi connectivity index (χ1n) is 8.67. The number of carbonyl (C=O) groups is 2. The largest absolute Gasteiger partial charge is 0.507 e. The highest BCUT2D eigenvalue weighted by Crippen LogP contribution is 2.42. The molecule has 1 N–H and O–H groups in total. The summed E-state index contributed by atoms with van der Waals surface area (Å²) < 4.78 is 15.8. The van der Waals surface area contributed by atoms with Crippen LogP contribution < -0.4 is 4.74 Å². The van der Waals surface area contributed by atoms with Crippen molar-refractivity contribution in [3.63, 3.8) is 0 Å². The number of amides is 1. The van der Waals surface area contributed by atoms with Crippen molar-refractivity contribution in [2.24, 2.45) is 0 Å². The fourth-order valence-electron chi connectivity index (χ4n) is 3.24. The Morgan fingerprint density at radius 2 is 1.86 bits per heavy atom. The van der Waals surface area contributed by atoms with Gasteiger partial charge in [0.2, 0.25) is 0 Å². The molecule has 7 nitrogen and oxygen atoms in total. The molecule has 154 valence electrons. The summed E-state index contributed by atoms with van der Waals surface area (Å²) in [5.74, 6) is -0.801. The molecule has 0 aliphatic carbocycles. The predicted molar refractivity (Wildman–Crippen MR) is 107 cm³/mol. The van der Waals surface area contributed by atoms with Gasteiger partial charge in [-0.05, 0) is 31.2 Å². The number of methoxy groups -OCH3 is 2. The van der Waals surface area contributed by atoms with E-state index in [2.05, 4.69) is 0 Å². The highest BCUT2D eigenvalue weighted by molar-refractivity contribution is 6.46. The first-order valence-corrected chi connectivity index (χ1v) is 9.42. The fourth-order valence-corrected chi connectivity index (χ4v) is 3.88. The minimum Gasteiger partial charge on any atom is -0.507 e. The molecular formula is C20H19Cl2NO6. The highest BCUT2D eigenvalue weighted by Gasteiger charge is 2.47. The number of halogens is 2. The van der Waals surface area contributed by atoms with Crippen LogP contribution in [-0.4, -0.2) is 49.1 Å². The summed E-state index contributed by atoms with van der Waals surface area (Å²) in [4.78, 5) is 26.7. The van der Waals surface area contributed by atoms with Gasteiger partial charge in [0.15, 0.2) is 5.75 Å². The van der Waals surface area contributed by atoms with E-state index < -0.39 is 23.5 Å². The van der Waals surface area contributed by atoms with E-state index in [1.807, 2.05) is 0 Å². The zero-order valence-electron chi connectivity index (χ0n) is 16.0. The Labute approximate surface area is 177 Å². The van der Waals surface area contributed by atoms with Gasteiger partial charge in [-0.1, -0.05) is 23.2 Å². The van der Waals surface area contributed by atoms with Gasteiger partial charge in [-0.2, -0.15) is 0 Å². The van der Waals surface area contributed by atoms with E-state index in [0.29, 0.717) is 11.5 Å². The molecule has 2 aromatic rings. The Balaban J connectivity index is 2.18. The zero-order valence-corrected chi connectivity index (χ0v) is 17.5. The number of aliphatic hydroxyl groups is 1. The summed E-state index contributed by atoms with van der Waals surface area (Å²) >= 11 is 12.3. The van der Waals surface area contributed by atoms with Crippen LogP contribution in [0.5, 0.6) is 5.75 Å². The van der Waals surface area contributed by atoms with Crippen LogP contribution in [0.15, 0.2) is 34.3 Å². The lowest BCUT2D eigenvalue weighted by atomic mass is 9.99. The molecule has 3 rings (SSSR count). The molecule has 1 fully saturated rings. The van der Waals surface area contributed by atoms with E-state index in [0.717, 1.165) is 0 Å². The van der Waals surface area contributed by atoms with E-state index in [1.165, 1.54) is 31.3 Å². The van der Waals surface area contributed by atoms with Crippen molar-refractivity contribution in [3.8, 4) is 5.75 Å². The number of furan rings is 1. The van der Waals surface area contributed by atoms with Crippen molar-refractivity contribution in [2.75, 3.05) is 27.4 Å². The average molecular weight is 440 g/mol. The molecule has 29 heavy (non-hydrogen) atoms. The van der Waals surface area contributed by atoms with Gasteiger partial charge in [-0.25, -0.2) is 0 Å². The molecule has 1 aromatic heterocycles. The predicted octanol–water partition coefficient (Wildman–Crippen LogP) is 3.97. The first kappa shape index (κ1) is 21.2. The van der Waals surface area contributed by atoms with Gasteiger partial charge in [0.25, 0.3) is 11.7 Å². The van der Waals surface area contributed by atoms with E-state index in [9.17, 15) is 14.7 Å². The van der Waals surface area contributed by atoms with E-state index in [4.69, 9.17) is 37.1 Å². The van der Waals surface area contributed by atoms with Gasteiger partial charge in [-0.15, -0.1) is 0 Å².